The van der Waals surface area contributed by atoms with Gasteiger partial charge in [0.2, 0.25) is 11.6 Å². The molecule has 1 heterocycles. The SMILES string of the molecule is CCCC1=COC(CCCOc2ccc(OCC)c(F)c2F)CC1. The van der Waals surface area contributed by atoms with E-state index in [1.807, 2.05) is 6.26 Å². The smallest absolute Gasteiger partial charge is 0.204 e. The molecule has 24 heavy (non-hydrogen) atoms. The molecule has 1 aromatic rings. The third kappa shape index (κ3) is 5.11. The Kier molecular flexibility index (Phi) is 7.35. The van der Waals surface area contributed by atoms with Crippen molar-refractivity contribution in [2.45, 2.75) is 58.5 Å². The average Bonchev–Trinajstić information content (AvgIpc) is 2.59. The third-order valence-electron chi connectivity index (χ3n) is 4.02. The summed E-state index contributed by atoms with van der Waals surface area (Å²) in [6.45, 7) is 4.49. The second kappa shape index (κ2) is 9.50. The first-order valence-electron chi connectivity index (χ1n) is 8.72. The van der Waals surface area contributed by atoms with Crippen molar-refractivity contribution in [3.63, 3.8) is 0 Å². The monoisotopic (exact) mass is 340 g/mol. The molecule has 0 aromatic heterocycles. The van der Waals surface area contributed by atoms with Gasteiger partial charge in [0.25, 0.3) is 0 Å². The molecule has 5 heteroatoms. The number of allylic oxidation sites excluding steroid dienone is 1. The van der Waals surface area contributed by atoms with Crippen LogP contribution in [-0.4, -0.2) is 19.3 Å². The standard InChI is InChI=1S/C19H26F2O3/c1-3-6-14-8-9-15(24-13-14)7-5-12-23-17-11-10-16(22-4-2)18(20)19(17)21/h10-11,13,15H,3-9,12H2,1-2H3. The van der Waals surface area contributed by atoms with E-state index in [0.717, 1.165) is 38.5 Å². The Morgan fingerprint density at radius 2 is 1.83 bits per heavy atom. The van der Waals surface area contributed by atoms with Gasteiger partial charge in [0.05, 0.1) is 25.6 Å². The molecule has 1 unspecified atom stereocenters. The summed E-state index contributed by atoms with van der Waals surface area (Å²) < 4.78 is 43.7. The highest BCUT2D eigenvalue weighted by Crippen LogP contribution is 2.28. The number of ether oxygens (including phenoxy) is 3. The van der Waals surface area contributed by atoms with Gasteiger partial charge in [0.1, 0.15) is 0 Å². The molecule has 134 valence electrons. The molecule has 1 atom stereocenters. The van der Waals surface area contributed by atoms with Crippen molar-refractivity contribution < 1.29 is 23.0 Å². The normalized spacial score (nSPS) is 17.2. The molecule has 0 bridgehead atoms. The number of benzene rings is 1. The fourth-order valence-corrected chi connectivity index (χ4v) is 2.77. The summed E-state index contributed by atoms with van der Waals surface area (Å²) in [7, 11) is 0. The second-order valence-corrected chi connectivity index (χ2v) is 5.94. The third-order valence-corrected chi connectivity index (χ3v) is 4.02. The Morgan fingerprint density at radius 1 is 1.12 bits per heavy atom. The van der Waals surface area contributed by atoms with E-state index in [1.54, 1.807) is 6.92 Å². The van der Waals surface area contributed by atoms with E-state index in [2.05, 4.69) is 6.92 Å². The van der Waals surface area contributed by atoms with E-state index in [-0.39, 0.29) is 24.2 Å². The molecule has 1 aliphatic rings. The van der Waals surface area contributed by atoms with Gasteiger partial charge in [-0.2, -0.15) is 8.78 Å². The van der Waals surface area contributed by atoms with E-state index in [0.29, 0.717) is 6.61 Å². The highest BCUT2D eigenvalue weighted by atomic mass is 19.2. The highest BCUT2D eigenvalue weighted by Gasteiger charge is 2.17. The van der Waals surface area contributed by atoms with E-state index >= 15 is 0 Å². The number of rotatable bonds is 9. The van der Waals surface area contributed by atoms with Crippen molar-refractivity contribution in [1.82, 2.24) is 0 Å². The molecule has 1 aliphatic heterocycles. The molecule has 0 saturated heterocycles. The van der Waals surface area contributed by atoms with Gasteiger partial charge in [-0.1, -0.05) is 13.3 Å². The van der Waals surface area contributed by atoms with Crippen LogP contribution in [0.15, 0.2) is 24.0 Å². The zero-order chi connectivity index (χ0) is 17.4. The summed E-state index contributed by atoms with van der Waals surface area (Å²) in [5, 5.41) is 0. The van der Waals surface area contributed by atoms with E-state index in [4.69, 9.17) is 14.2 Å². The average molecular weight is 340 g/mol. The minimum absolute atomic E-state index is 0.0781. The molecule has 1 aromatic carbocycles. The number of hydrogen-bond acceptors (Lipinski definition) is 3. The summed E-state index contributed by atoms with van der Waals surface area (Å²) in [5.41, 5.74) is 1.37. The van der Waals surface area contributed by atoms with Gasteiger partial charge < -0.3 is 14.2 Å². The van der Waals surface area contributed by atoms with Gasteiger partial charge in [0, 0.05) is 0 Å². The fraction of sp³-hybridized carbons (Fsp3) is 0.579. The Balaban J connectivity index is 1.74. The van der Waals surface area contributed by atoms with Crippen molar-refractivity contribution in [3.8, 4) is 11.5 Å². The van der Waals surface area contributed by atoms with Crippen molar-refractivity contribution in [2.75, 3.05) is 13.2 Å². The van der Waals surface area contributed by atoms with Crippen molar-refractivity contribution in [3.05, 3.63) is 35.6 Å². The van der Waals surface area contributed by atoms with Crippen LogP contribution in [0.5, 0.6) is 11.5 Å². The van der Waals surface area contributed by atoms with Gasteiger partial charge in [-0.15, -0.1) is 0 Å². The summed E-state index contributed by atoms with van der Waals surface area (Å²) in [6.07, 6.45) is 7.98. The molecule has 0 spiro atoms. The summed E-state index contributed by atoms with van der Waals surface area (Å²) in [4.78, 5) is 0. The Hall–Kier alpha value is -1.78. The van der Waals surface area contributed by atoms with Gasteiger partial charge >= 0.3 is 0 Å². The van der Waals surface area contributed by atoms with Crippen molar-refractivity contribution >= 4 is 0 Å². The molecule has 3 nitrogen and oxygen atoms in total. The Morgan fingerprint density at radius 3 is 2.42 bits per heavy atom. The quantitative estimate of drug-likeness (QED) is 0.564. The van der Waals surface area contributed by atoms with Crippen LogP contribution >= 0.6 is 0 Å². The largest absolute Gasteiger partial charge is 0.498 e. The fourth-order valence-electron chi connectivity index (χ4n) is 2.77. The molecule has 2 rings (SSSR count). The molecule has 0 saturated carbocycles. The molecule has 0 radical (unpaired) electrons. The minimum Gasteiger partial charge on any atom is -0.498 e. The van der Waals surface area contributed by atoms with Gasteiger partial charge in [-0.3, -0.25) is 0 Å². The topological polar surface area (TPSA) is 27.7 Å². The highest BCUT2D eigenvalue weighted by molar-refractivity contribution is 5.35. The number of halogens is 2. The molecule has 0 fully saturated rings. The predicted molar refractivity (Wildman–Crippen MR) is 89.4 cm³/mol. The zero-order valence-electron chi connectivity index (χ0n) is 14.4. The summed E-state index contributed by atoms with van der Waals surface area (Å²) >= 11 is 0. The molecule has 0 N–H and O–H groups in total. The van der Waals surface area contributed by atoms with Crippen LogP contribution < -0.4 is 9.47 Å². The van der Waals surface area contributed by atoms with Crippen LogP contribution in [-0.2, 0) is 4.74 Å². The second-order valence-electron chi connectivity index (χ2n) is 5.94. The maximum Gasteiger partial charge on any atom is 0.204 e. The zero-order valence-corrected chi connectivity index (χ0v) is 14.4. The lowest BCUT2D eigenvalue weighted by Gasteiger charge is -2.23. The maximum atomic E-state index is 13.9. The Labute approximate surface area is 142 Å². The van der Waals surface area contributed by atoms with Gasteiger partial charge in [-0.05, 0) is 56.7 Å². The van der Waals surface area contributed by atoms with Crippen LogP contribution in [0.25, 0.3) is 0 Å². The van der Waals surface area contributed by atoms with Crippen LogP contribution in [0.1, 0.15) is 52.4 Å². The van der Waals surface area contributed by atoms with Crippen molar-refractivity contribution in [2.24, 2.45) is 0 Å². The van der Waals surface area contributed by atoms with E-state index in [1.165, 1.54) is 17.7 Å². The molecule has 0 amide bonds. The lowest BCUT2D eigenvalue weighted by Crippen LogP contribution is -2.16. The molecular formula is C19H26F2O3. The summed E-state index contributed by atoms with van der Waals surface area (Å²) in [6, 6.07) is 2.79. The van der Waals surface area contributed by atoms with Crippen LogP contribution in [0.2, 0.25) is 0 Å². The summed E-state index contributed by atoms with van der Waals surface area (Å²) in [5.74, 6) is -2.17. The van der Waals surface area contributed by atoms with Crippen LogP contribution in [0.4, 0.5) is 8.78 Å². The van der Waals surface area contributed by atoms with Crippen molar-refractivity contribution in [1.29, 1.82) is 0 Å². The predicted octanol–water partition coefficient (Wildman–Crippen LogP) is 5.39. The number of hydrogen-bond donors (Lipinski definition) is 0. The first-order chi connectivity index (χ1) is 11.7. The van der Waals surface area contributed by atoms with E-state index < -0.39 is 11.6 Å². The van der Waals surface area contributed by atoms with E-state index in [9.17, 15) is 8.78 Å². The van der Waals surface area contributed by atoms with Crippen LogP contribution in [0.3, 0.4) is 0 Å². The van der Waals surface area contributed by atoms with Gasteiger partial charge in [0.15, 0.2) is 11.5 Å². The lowest BCUT2D eigenvalue weighted by atomic mass is 10.00. The minimum atomic E-state index is -1.00. The molecular weight excluding hydrogens is 314 g/mol. The van der Waals surface area contributed by atoms with Gasteiger partial charge in [-0.25, -0.2) is 0 Å². The first-order valence-corrected chi connectivity index (χ1v) is 8.72. The Bertz CT molecular complexity index is 558. The first kappa shape index (κ1) is 18.6. The maximum absolute atomic E-state index is 13.9. The van der Waals surface area contributed by atoms with Crippen LogP contribution in [0, 0.1) is 11.6 Å². The lowest BCUT2D eigenvalue weighted by molar-refractivity contribution is 0.103. The molecule has 0 aliphatic carbocycles.